The number of nitrogens with one attached hydrogen (secondary N) is 1. The van der Waals surface area contributed by atoms with Crippen molar-refractivity contribution >= 4 is 22.6 Å². The van der Waals surface area contributed by atoms with Crippen LogP contribution in [0.25, 0.3) is 28.2 Å². The van der Waals surface area contributed by atoms with Gasteiger partial charge in [-0.25, -0.2) is 13.7 Å². The van der Waals surface area contributed by atoms with E-state index in [4.69, 9.17) is 9.28 Å². The lowest BCUT2D eigenvalue weighted by atomic mass is 10.1. The van der Waals surface area contributed by atoms with Gasteiger partial charge in [0.15, 0.2) is 16.7 Å². The monoisotopic (exact) mass is 463 g/mol. The molecule has 2 heterocycles. The molecule has 1 unspecified atom stereocenters. The molecule has 4 aromatic rings. The molecule has 0 aliphatic rings. The summed E-state index contributed by atoms with van der Waals surface area (Å²) in [6.07, 6.45) is 1.75. The van der Waals surface area contributed by atoms with Gasteiger partial charge in [0.2, 0.25) is 0 Å². The second kappa shape index (κ2) is 10.0. The molecule has 9 heteroatoms. The van der Waals surface area contributed by atoms with Crippen molar-refractivity contribution in [2.24, 2.45) is 0 Å². The number of imidazole rings is 1. The van der Waals surface area contributed by atoms with Crippen molar-refractivity contribution in [2.45, 2.75) is 4.90 Å². The number of amides is 1. The third-order valence-corrected chi connectivity index (χ3v) is 6.08. The van der Waals surface area contributed by atoms with Crippen LogP contribution in [0.1, 0.15) is 10.4 Å². The summed E-state index contributed by atoms with van der Waals surface area (Å²) in [5.74, 6) is -0.114. The summed E-state index contributed by atoms with van der Waals surface area (Å²) in [7, 11) is 5.34. The lowest BCUT2D eigenvalue weighted by Crippen LogP contribution is -2.31. The summed E-state index contributed by atoms with van der Waals surface area (Å²) in [5, 5.41) is 7.71. The van der Waals surface area contributed by atoms with Crippen LogP contribution in [0.3, 0.4) is 0 Å². The number of carbonyl (C=O) groups is 1. The molecule has 0 saturated heterocycles. The van der Waals surface area contributed by atoms with Gasteiger partial charge >= 0.3 is 0 Å². The molecule has 170 valence electrons. The highest BCUT2D eigenvalue weighted by molar-refractivity contribution is 7.80. The molecule has 2 aromatic heterocycles. The molecular formula is C24H25N5O3S. The molecular weight excluding hydrogens is 438 g/mol. The number of hydrogen-bond acceptors (Lipinski definition) is 6. The molecule has 0 bridgehead atoms. The van der Waals surface area contributed by atoms with Gasteiger partial charge in [-0.1, -0.05) is 24.3 Å². The number of hydrogen-bond donors (Lipinski definition) is 1. The van der Waals surface area contributed by atoms with Crippen LogP contribution in [-0.4, -0.2) is 63.9 Å². The third kappa shape index (κ3) is 5.16. The summed E-state index contributed by atoms with van der Waals surface area (Å²) in [5.41, 5.74) is 4.54. The first-order valence-electron chi connectivity index (χ1n) is 10.4. The smallest absolute Gasteiger partial charge is 0.251 e. The molecule has 1 atom stereocenters. The van der Waals surface area contributed by atoms with Crippen molar-refractivity contribution in [1.82, 2.24) is 24.8 Å². The molecule has 4 rings (SSSR count). The Morgan fingerprint density at radius 1 is 1.09 bits per heavy atom. The molecule has 1 amide bonds. The molecule has 0 aliphatic heterocycles. The Labute approximate surface area is 194 Å². The minimum atomic E-state index is -1.49. The molecule has 0 aliphatic carbocycles. The van der Waals surface area contributed by atoms with Crippen LogP contribution >= 0.6 is 0 Å². The van der Waals surface area contributed by atoms with E-state index in [1.54, 1.807) is 28.9 Å². The zero-order valence-corrected chi connectivity index (χ0v) is 19.5. The second-order valence-corrected chi connectivity index (χ2v) is 8.97. The van der Waals surface area contributed by atoms with E-state index in [0.717, 1.165) is 29.1 Å². The van der Waals surface area contributed by atoms with Crippen molar-refractivity contribution in [3.05, 3.63) is 72.4 Å². The average Bonchev–Trinajstić information content (AvgIpc) is 3.26. The first-order chi connectivity index (χ1) is 16.0. The van der Waals surface area contributed by atoms with E-state index in [2.05, 4.69) is 10.3 Å². The zero-order valence-electron chi connectivity index (χ0n) is 18.7. The van der Waals surface area contributed by atoms with Gasteiger partial charge in [0, 0.05) is 29.8 Å². The van der Waals surface area contributed by atoms with Crippen molar-refractivity contribution < 1.29 is 13.2 Å². The first-order valence-corrected chi connectivity index (χ1v) is 11.5. The molecule has 0 spiro atoms. The fourth-order valence-electron chi connectivity index (χ4n) is 3.37. The molecule has 33 heavy (non-hydrogen) atoms. The van der Waals surface area contributed by atoms with Crippen LogP contribution in [0.15, 0.2) is 71.8 Å². The van der Waals surface area contributed by atoms with E-state index in [9.17, 15) is 9.00 Å². The minimum Gasteiger partial charge on any atom is -0.351 e. The van der Waals surface area contributed by atoms with E-state index < -0.39 is 11.1 Å². The fourth-order valence-corrected chi connectivity index (χ4v) is 3.92. The van der Waals surface area contributed by atoms with E-state index in [-0.39, 0.29) is 5.91 Å². The van der Waals surface area contributed by atoms with Crippen LogP contribution < -0.4 is 5.32 Å². The maximum atomic E-state index is 12.5. The zero-order chi connectivity index (χ0) is 23.4. The van der Waals surface area contributed by atoms with Gasteiger partial charge in [-0.2, -0.15) is 5.10 Å². The van der Waals surface area contributed by atoms with Crippen LogP contribution in [0, 0.1) is 0 Å². The van der Waals surface area contributed by atoms with Gasteiger partial charge in [-0.3, -0.25) is 8.98 Å². The number of nitrogens with zero attached hydrogens (tertiary/aromatic N) is 4. The number of fused-ring (bicyclic) bond motifs is 1. The standard InChI is InChI=1S/C24H25N5O3S/c1-28(2)14-13-25-24(30)19-6-4-5-18(15-19)21-11-12-23-26-16-22(29(23)27-21)17-7-9-20(10-8-17)33(31)32-3/h4-12,15-16H,13-14H2,1-3H3,(H,25,30). The number of aromatic nitrogens is 3. The Morgan fingerprint density at radius 3 is 2.61 bits per heavy atom. The Kier molecular flexibility index (Phi) is 6.93. The second-order valence-electron chi connectivity index (χ2n) is 7.70. The summed E-state index contributed by atoms with van der Waals surface area (Å²) in [6, 6.07) is 18.4. The highest BCUT2D eigenvalue weighted by Crippen LogP contribution is 2.24. The highest BCUT2D eigenvalue weighted by atomic mass is 32.2. The van der Waals surface area contributed by atoms with Crippen LogP contribution in [-0.2, 0) is 15.3 Å². The summed E-state index contributed by atoms with van der Waals surface area (Å²) in [4.78, 5) is 19.6. The largest absolute Gasteiger partial charge is 0.351 e. The predicted molar refractivity (Wildman–Crippen MR) is 128 cm³/mol. The minimum absolute atomic E-state index is 0.114. The number of rotatable bonds is 8. The Morgan fingerprint density at radius 2 is 1.88 bits per heavy atom. The van der Waals surface area contributed by atoms with E-state index in [0.29, 0.717) is 22.7 Å². The maximum Gasteiger partial charge on any atom is 0.251 e. The SMILES string of the molecule is COS(=O)c1ccc(-c2cnc3ccc(-c4cccc(C(=O)NCCN(C)C)c4)nn23)cc1. The van der Waals surface area contributed by atoms with Crippen molar-refractivity contribution in [1.29, 1.82) is 0 Å². The Bertz CT molecular complexity index is 1300. The van der Waals surface area contributed by atoms with Gasteiger partial charge in [0.1, 0.15) is 0 Å². The summed E-state index contributed by atoms with van der Waals surface area (Å²) < 4.78 is 18.5. The van der Waals surface area contributed by atoms with Gasteiger partial charge in [0.25, 0.3) is 5.91 Å². The molecule has 1 N–H and O–H groups in total. The number of benzene rings is 2. The van der Waals surface area contributed by atoms with Crippen LogP contribution in [0.4, 0.5) is 0 Å². The van der Waals surface area contributed by atoms with E-state index >= 15 is 0 Å². The highest BCUT2D eigenvalue weighted by Gasteiger charge is 2.12. The Balaban J connectivity index is 1.62. The van der Waals surface area contributed by atoms with Crippen molar-refractivity contribution in [2.75, 3.05) is 34.3 Å². The molecule has 0 fully saturated rings. The third-order valence-electron chi connectivity index (χ3n) is 5.12. The lowest BCUT2D eigenvalue weighted by Gasteiger charge is -2.11. The van der Waals surface area contributed by atoms with E-state index in [1.165, 1.54) is 7.11 Å². The molecule has 0 saturated carbocycles. The van der Waals surface area contributed by atoms with Gasteiger partial charge < -0.3 is 10.2 Å². The van der Waals surface area contributed by atoms with E-state index in [1.807, 2.05) is 61.5 Å². The molecule has 8 nitrogen and oxygen atoms in total. The van der Waals surface area contributed by atoms with Crippen LogP contribution in [0.5, 0.6) is 0 Å². The number of carbonyl (C=O) groups excluding carboxylic acids is 1. The summed E-state index contributed by atoms with van der Waals surface area (Å²) in [6.45, 7) is 1.35. The first kappa shape index (κ1) is 22.8. The molecule has 0 radical (unpaired) electrons. The van der Waals surface area contributed by atoms with Gasteiger partial charge in [-0.05, 0) is 50.5 Å². The normalized spacial score (nSPS) is 12.2. The number of likely N-dealkylation sites (N-methyl/N-ethyl adjacent to an activating group) is 1. The topological polar surface area (TPSA) is 88.8 Å². The van der Waals surface area contributed by atoms with Gasteiger partial charge in [0.05, 0.1) is 29.6 Å². The van der Waals surface area contributed by atoms with Crippen LogP contribution in [0.2, 0.25) is 0 Å². The lowest BCUT2D eigenvalue weighted by molar-refractivity contribution is 0.0951. The Hall–Kier alpha value is -3.40. The maximum absolute atomic E-state index is 12.5. The quantitative estimate of drug-likeness (QED) is 0.432. The summed E-state index contributed by atoms with van der Waals surface area (Å²) >= 11 is -1.49. The predicted octanol–water partition coefficient (Wildman–Crippen LogP) is 3.02. The fraction of sp³-hybridized carbons (Fsp3) is 0.208. The molecule has 2 aromatic carbocycles. The average molecular weight is 464 g/mol. The van der Waals surface area contributed by atoms with Crippen molar-refractivity contribution in [3.63, 3.8) is 0 Å². The van der Waals surface area contributed by atoms with Gasteiger partial charge in [-0.15, -0.1) is 0 Å². The van der Waals surface area contributed by atoms with Crippen molar-refractivity contribution in [3.8, 4) is 22.5 Å².